The van der Waals surface area contributed by atoms with Crippen molar-refractivity contribution >= 4 is 17.3 Å². The summed E-state index contributed by atoms with van der Waals surface area (Å²) in [7, 11) is 1.67. The number of ether oxygens (including phenoxy) is 1. The average molecular weight is 341 g/mol. The van der Waals surface area contributed by atoms with E-state index in [2.05, 4.69) is 27.0 Å². The van der Waals surface area contributed by atoms with Gasteiger partial charge in [0.2, 0.25) is 0 Å². The van der Waals surface area contributed by atoms with Crippen molar-refractivity contribution in [3.8, 4) is 22.8 Å². The lowest BCUT2D eigenvalue weighted by molar-refractivity contribution is 0.415. The van der Waals surface area contributed by atoms with Crippen molar-refractivity contribution in [2.75, 3.05) is 19.0 Å². The molecule has 0 amide bonds. The molecule has 6 heteroatoms. The van der Waals surface area contributed by atoms with Crippen molar-refractivity contribution in [1.29, 1.82) is 0 Å². The smallest absolute Gasteiger partial charge is 0.168 e. The zero-order valence-electron chi connectivity index (χ0n) is 13.5. The van der Waals surface area contributed by atoms with Crippen LogP contribution in [0.5, 0.6) is 5.75 Å². The summed E-state index contributed by atoms with van der Waals surface area (Å²) < 4.78 is 7.45. The summed E-state index contributed by atoms with van der Waals surface area (Å²) in [5.41, 5.74) is 2.95. The SMILES string of the molecule is COc1ccc2c(c1)NCC(C)c1nnc(-c3cccc(Cl)c3)n1-2. The van der Waals surface area contributed by atoms with Gasteiger partial charge in [-0.3, -0.25) is 4.57 Å². The Balaban J connectivity index is 1.96. The molecular formula is C18H17ClN4O. The molecule has 0 aliphatic carbocycles. The van der Waals surface area contributed by atoms with Gasteiger partial charge >= 0.3 is 0 Å². The molecule has 4 rings (SSSR count). The monoisotopic (exact) mass is 340 g/mol. The van der Waals surface area contributed by atoms with Gasteiger partial charge < -0.3 is 10.1 Å². The highest BCUT2D eigenvalue weighted by Crippen LogP contribution is 2.35. The Morgan fingerprint density at radius 2 is 2.08 bits per heavy atom. The van der Waals surface area contributed by atoms with Crippen molar-refractivity contribution in [2.24, 2.45) is 0 Å². The van der Waals surface area contributed by atoms with E-state index in [9.17, 15) is 0 Å². The molecule has 0 fully saturated rings. The van der Waals surface area contributed by atoms with E-state index in [0.717, 1.165) is 40.9 Å². The third kappa shape index (κ3) is 2.41. The third-order valence-electron chi connectivity index (χ3n) is 4.25. The van der Waals surface area contributed by atoms with E-state index in [0.29, 0.717) is 5.02 Å². The van der Waals surface area contributed by atoms with Crippen LogP contribution in [-0.4, -0.2) is 28.4 Å². The van der Waals surface area contributed by atoms with E-state index in [1.807, 2.05) is 42.5 Å². The van der Waals surface area contributed by atoms with Gasteiger partial charge in [0, 0.05) is 29.1 Å². The first-order valence-electron chi connectivity index (χ1n) is 7.81. The number of nitrogens with one attached hydrogen (secondary N) is 1. The van der Waals surface area contributed by atoms with E-state index < -0.39 is 0 Å². The largest absolute Gasteiger partial charge is 0.497 e. The van der Waals surface area contributed by atoms with Crippen LogP contribution in [0.25, 0.3) is 17.1 Å². The fourth-order valence-electron chi connectivity index (χ4n) is 3.00. The number of benzene rings is 2. The Morgan fingerprint density at radius 1 is 1.21 bits per heavy atom. The first kappa shape index (κ1) is 15.0. The molecule has 1 atom stereocenters. The first-order valence-corrected chi connectivity index (χ1v) is 8.18. The number of rotatable bonds is 2. The summed E-state index contributed by atoms with van der Waals surface area (Å²) in [6.07, 6.45) is 0. The molecule has 0 saturated carbocycles. The highest BCUT2D eigenvalue weighted by Gasteiger charge is 2.25. The number of aromatic nitrogens is 3. The predicted molar refractivity (Wildman–Crippen MR) is 95.3 cm³/mol. The Hall–Kier alpha value is -2.53. The van der Waals surface area contributed by atoms with Crippen molar-refractivity contribution in [3.05, 3.63) is 53.3 Å². The number of hydrogen-bond donors (Lipinski definition) is 1. The lowest BCUT2D eigenvalue weighted by atomic mass is 10.1. The van der Waals surface area contributed by atoms with Gasteiger partial charge in [-0.2, -0.15) is 0 Å². The maximum atomic E-state index is 6.16. The quantitative estimate of drug-likeness (QED) is 0.762. The van der Waals surface area contributed by atoms with E-state index in [4.69, 9.17) is 16.3 Å². The highest BCUT2D eigenvalue weighted by molar-refractivity contribution is 6.30. The molecule has 3 aromatic rings. The summed E-state index contributed by atoms with van der Waals surface area (Å²) in [5.74, 6) is 2.76. The van der Waals surface area contributed by atoms with Crippen molar-refractivity contribution in [2.45, 2.75) is 12.8 Å². The maximum absolute atomic E-state index is 6.16. The van der Waals surface area contributed by atoms with Gasteiger partial charge in [-0.15, -0.1) is 10.2 Å². The van der Waals surface area contributed by atoms with Gasteiger partial charge in [-0.05, 0) is 24.3 Å². The Kier molecular flexibility index (Phi) is 3.65. The number of anilines is 1. The number of hydrogen-bond acceptors (Lipinski definition) is 4. The lowest BCUT2D eigenvalue weighted by Crippen LogP contribution is -2.09. The standard InChI is InChI=1S/C18H17ClN4O/c1-11-10-20-15-9-14(24-2)6-7-16(15)23-17(11)21-22-18(23)12-4-3-5-13(19)8-12/h3-9,11,20H,10H2,1-2H3. The Bertz CT molecular complexity index is 906. The second-order valence-corrected chi connectivity index (χ2v) is 6.33. The summed E-state index contributed by atoms with van der Waals surface area (Å²) in [6.45, 7) is 2.92. The van der Waals surface area contributed by atoms with E-state index in [1.54, 1.807) is 7.11 Å². The predicted octanol–water partition coefficient (Wildman–Crippen LogP) is 4.13. The Morgan fingerprint density at radius 3 is 2.88 bits per heavy atom. The second-order valence-electron chi connectivity index (χ2n) is 5.89. The number of halogens is 1. The molecule has 1 unspecified atom stereocenters. The second kappa shape index (κ2) is 5.83. The van der Waals surface area contributed by atoms with Gasteiger partial charge in [-0.25, -0.2) is 0 Å². The summed E-state index contributed by atoms with van der Waals surface area (Å²) in [5, 5.41) is 13.0. The van der Waals surface area contributed by atoms with Crippen LogP contribution in [0.2, 0.25) is 5.02 Å². The number of nitrogens with zero attached hydrogens (tertiary/aromatic N) is 3. The topological polar surface area (TPSA) is 52.0 Å². The minimum Gasteiger partial charge on any atom is -0.497 e. The zero-order valence-corrected chi connectivity index (χ0v) is 14.2. The molecule has 0 saturated heterocycles. The summed E-state index contributed by atoms with van der Waals surface area (Å²) in [4.78, 5) is 0. The van der Waals surface area contributed by atoms with Crippen LogP contribution in [0.3, 0.4) is 0 Å². The third-order valence-corrected chi connectivity index (χ3v) is 4.49. The minimum absolute atomic E-state index is 0.226. The average Bonchev–Trinajstić information content (AvgIpc) is 2.99. The highest BCUT2D eigenvalue weighted by atomic mass is 35.5. The minimum atomic E-state index is 0.226. The van der Waals surface area contributed by atoms with Gasteiger partial charge in [0.05, 0.1) is 18.5 Å². The van der Waals surface area contributed by atoms with Crippen molar-refractivity contribution in [3.63, 3.8) is 0 Å². The molecular weight excluding hydrogens is 324 g/mol. The molecule has 5 nitrogen and oxygen atoms in total. The first-order chi connectivity index (χ1) is 11.7. The van der Waals surface area contributed by atoms with Gasteiger partial charge in [0.25, 0.3) is 0 Å². The zero-order chi connectivity index (χ0) is 16.7. The molecule has 2 aromatic carbocycles. The molecule has 1 aliphatic rings. The van der Waals surface area contributed by atoms with E-state index >= 15 is 0 Å². The Labute approximate surface area is 145 Å². The molecule has 0 radical (unpaired) electrons. The molecule has 24 heavy (non-hydrogen) atoms. The van der Waals surface area contributed by atoms with E-state index in [1.165, 1.54) is 0 Å². The summed E-state index contributed by atoms with van der Waals surface area (Å²) in [6, 6.07) is 13.7. The maximum Gasteiger partial charge on any atom is 0.168 e. The molecule has 0 bridgehead atoms. The van der Waals surface area contributed by atoms with Crippen LogP contribution in [0, 0.1) is 0 Å². The summed E-state index contributed by atoms with van der Waals surface area (Å²) >= 11 is 6.16. The van der Waals surface area contributed by atoms with Crippen LogP contribution in [-0.2, 0) is 0 Å². The molecule has 1 N–H and O–H groups in total. The normalized spacial score (nSPS) is 15.9. The van der Waals surface area contributed by atoms with Gasteiger partial charge in [-0.1, -0.05) is 30.7 Å². The molecule has 0 spiro atoms. The van der Waals surface area contributed by atoms with Crippen LogP contribution >= 0.6 is 11.6 Å². The number of fused-ring (bicyclic) bond motifs is 3. The molecule has 1 aromatic heterocycles. The van der Waals surface area contributed by atoms with Gasteiger partial charge in [0.15, 0.2) is 5.82 Å². The fourth-order valence-corrected chi connectivity index (χ4v) is 3.19. The molecule has 2 heterocycles. The van der Waals surface area contributed by atoms with Crippen LogP contribution in [0.1, 0.15) is 18.7 Å². The molecule has 122 valence electrons. The van der Waals surface area contributed by atoms with Crippen molar-refractivity contribution < 1.29 is 4.74 Å². The van der Waals surface area contributed by atoms with Gasteiger partial charge in [0.1, 0.15) is 11.6 Å². The lowest BCUT2D eigenvalue weighted by Gasteiger charge is -2.13. The van der Waals surface area contributed by atoms with Crippen LogP contribution in [0.15, 0.2) is 42.5 Å². The van der Waals surface area contributed by atoms with Crippen LogP contribution < -0.4 is 10.1 Å². The fraction of sp³-hybridized carbons (Fsp3) is 0.222. The molecule has 1 aliphatic heterocycles. The number of methoxy groups -OCH3 is 1. The van der Waals surface area contributed by atoms with Crippen LogP contribution in [0.4, 0.5) is 5.69 Å². The van der Waals surface area contributed by atoms with Crippen molar-refractivity contribution in [1.82, 2.24) is 14.8 Å². The van der Waals surface area contributed by atoms with E-state index in [-0.39, 0.29) is 5.92 Å².